The normalized spacial score (nSPS) is 10.6. The Morgan fingerprint density at radius 3 is 2.71 bits per heavy atom. The van der Waals surface area contributed by atoms with Crippen LogP contribution in [0.4, 0.5) is 0 Å². The fraction of sp³-hybridized carbons (Fsp3) is 0.375. The van der Waals surface area contributed by atoms with E-state index in [2.05, 4.69) is 29.4 Å². The number of thioether (sulfide) groups is 1. The molecule has 0 saturated heterocycles. The quantitative estimate of drug-likeness (QED) is 0.833. The monoisotopic (exact) mass is 304 g/mol. The van der Waals surface area contributed by atoms with E-state index in [0.29, 0.717) is 17.5 Å². The summed E-state index contributed by atoms with van der Waals surface area (Å²) in [5.74, 6) is 1.13. The van der Waals surface area contributed by atoms with Crippen molar-refractivity contribution in [3.8, 4) is 0 Å². The van der Waals surface area contributed by atoms with Gasteiger partial charge in [0.2, 0.25) is 5.91 Å². The number of carbonyl (C=O) groups is 1. The lowest BCUT2D eigenvalue weighted by molar-refractivity contribution is -0.118. The minimum absolute atomic E-state index is 0.00194. The third-order valence-electron chi connectivity index (χ3n) is 3.31. The SMILES string of the molecule is Cc1ccccc1CCNC(=O)CSc1nc(C)c(C)o1. The van der Waals surface area contributed by atoms with Crippen LogP contribution < -0.4 is 5.32 Å². The summed E-state index contributed by atoms with van der Waals surface area (Å²) >= 11 is 1.32. The Hall–Kier alpha value is -1.75. The molecule has 1 amide bonds. The van der Waals surface area contributed by atoms with Crippen molar-refractivity contribution in [2.24, 2.45) is 0 Å². The molecule has 5 heteroatoms. The number of nitrogens with zero attached hydrogens (tertiary/aromatic N) is 1. The van der Waals surface area contributed by atoms with Gasteiger partial charge in [0.05, 0.1) is 11.4 Å². The van der Waals surface area contributed by atoms with Crippen LogP contribution in [0.5, 0.6) is 0 Å². The molecule has 0 aliphatic heterocycles. The highest BCUT2D eigenvalue weighted by Gasteiger charge is 2.09. The Morgan fingerprint density at radius 1 is 1.29 bits per heavy atom. The van der Waals surface area contributed by atoms with Crippen LogP contribution in [0.1, 0.15) is 22.6 Å². The first kappa shape index (κ1) is 15.6. The van der Waals surface area contributed by atoms with Gasteiger partial charge in [0.25, 0.3) is 5.22 Å². The number of nitrogens with one attached hydrogen (secondary N) is 1. The summed E-state index contributed by atoms with van der Waals surface area (Å²) in [4.78, 5) is 16.0. The highest BCUT2D eigenvalue weighted by Crippen LogP contribution is 2.19. The number of benzene rings is 1. The molecular formula is C16H20N2O2S. The number of rotatable bonds is 6. The summed E-state index contributed by atoms with van der Waals surface area (Å²) in [5, 5.41) is 3.48. The van der Waals surface area contributed by atoms with Crippen LogP contribution in [0, 0.1) is 20.8 Å². The number of carbonyl (C=O) groups excluding carboxylic acids is 1. The molecule has 0 bridgehead atoms. The van der Waals surface area contributed by atoms with Crippen molar-refractivity contribution in [3.63, 3.8) is 0 Å². The second-order valence-corrected chi connectivity index (χ2v) is 5.86. The number of aryl methyl sites for hydroxylation is 3. The van der Waals surface area contributed by atoms with Gasteiger partial charge in [0.1, 0.15) is 5.76 Å². The van der Waals surface area contributed by atoms with Gasteiger partial charge in [-0.15, -0.1) is 0 Å². The molecule has 112 valence electrons. The van der Waals surface area contributed by atoms with Gasteiger partial charge in [0.15, 0.2) is 0 Å². The fourth-order valence-corrected chi connectivity index (χ4v) is 2.65. The number of amides is 1. The van der Waals surface area contributed by atoms with Crippen LogP contribution in [0.25, 0.3) is 0 Å². The van der Waals surface area contributed by atoms with E-state index in [4.69, 9.17) is 4.42 Å². The number of aromatic nitrogens is 1. The van der Waals surface area contributed by atoms with Gasteiger partial charge in [-0.2, -0.15) is 0 Å². The zero-order valence-corrected chi connectivity index (χ0v) is 13.4. The summed E-state index contributed by atoms with van der Waals surface area (Å²) in [6, 6.07) is 8.22. The van der Waals surface area contributed by atoms with E-state index in [0.717, 1.165) is 17.9 Å². The summed E-state index contributed by atoms with van der Waals surface area (Å²) in [7, 11) is 0. The molecule has 0 radical (unpaired) electrons. The van der Waals surface area contributed by atoms with Gasteiger partial charge in [-0.25, -0.2) is 4.98 Å². The highest BCUT2D eigenvalue weighted by atomic mass is 32.2. The summed E-state index contributed by atoms with van der Waals surface area (Å²) in [6.07, 6.45) is 0.848. The smallest absolute Gasteiger partial charge is 0.256 e. The molecule has 0 aliphatic carbocycles. The van der Waals surface area contributed by atoms with Crippen LogP contribution in [0.2, 0.25) is 0 Å². The Balaban J connectivity index is 1.71. The zero-order chi connectivity index (χ0) is 15.2. The lowest BCUT2D eigenvalue weighted by Gasteiger charge is -2.06. The van der Waals surface area contributed by atoms with Crippen LogP contribution >= 0.6 is 11.8 Å². The van der Waals surface area contributed by atoms with Gasteiger partial charge in [-0.1, -0.05) is 36.0 Å². The van der Waals surface area contributed by atoms with E-state index < -0.39 is 0 Å². The Labute approximate surface area is 129 Å². The first-order chi connectivity index (χ1) is 10.1. The van der Waals surface area contributed by atoms with Crippen molar-refractivity contribution in [2.75, 3.05) is 12.3 Å². The predicted molar refractivity (Wildman–Crippen MR) is 84.6 cm³/mol. The van der Waals surface area contributed by atoms with E-state index in [9.17, 15) is 4.79 Å². The lowest BCUT2D eigenvalue weighted by atomic mass is 10.1. The molecule has 0 atom stereocenters. The van der Waals surface area contributed by atoms with Crippen LogP contribution in [-0.2, 0) is 11.2 Å². The van der Waals surface area contributed by atoms with Gasteiger partial charge in [-0.05, 0) is 38.3 Å². The minimum Gasteiger partial charge on any atom is -0.437 e. The highest BCUT2D eigenvalue weighted by molar-refractivity contribution is 7.99. The fourth-order valence-electron chi connectivity index (χ4n) is 1.91. The number of hydrogen-bond donors (Lipinski definition) is 1. The molecule has 2 rings (SSSR count). The van der Waals surface area contributed by atoms with Crippen molar-refractivity contribution in [3.05, 3.63) is 46.8 Å². The number of hydrogen-bond acceptors (Lipinski definition) is 4. The maximum atomic E-state index is 11.8. The summed E-state index contributed by atoms with van der Waals surface area (Å²) < 4.78 is 5.43. The molecule has 1 N–H and O–H groups in total. The molecule has 0 saturated carbocycles. The largest absolute Gasteiger partial charge is 0.437 e. The first-order valence-electron chi connectivity index (χ1n) is 6.94. The molecular weight excluding hydrogens is 284 g/mol. The van der Waals surface area contributed by atoms with Crippen molar-refractivity contribution in [1.29, 1.82) is 0 Å². The van der Waals surface area contributed by atoms with Crippen LogP contribution in [-0.4, -0.2) is 23.2 Å². The van der Waals surface area contributed by atoms with Crippen molar-refractivity contribution in [2.45, 2.75) is 32.4 Å². The van der Waals surface area contributed by atoms with Crippen molar-refractivity contribution < 1.29 is 9.21 Å². The van der Waals surface area contributed by atoms with Gasteiger partial charge >= 0.3 is 0 Å². The van der Waals surface area contributed by atoms with Gasteiger partial charge < -0.3 is 9.73 Å². The first-order valence-corrected chi connectivity index (χ1v) is 7.93. The molecule has 1 aromatic carbocycles. The van der Waals surface area contributed by atoms with E-state index in [-0.39, 0.29) is 5.91 Å². The molecule has 4 nitrogen and oxygen atoms in total. The molecule has 0 aliphatic rings. The van der Waals surface area contributed by atoms with Crippen molar-refractivity contribution in [1.82, 2.24) is 10.3 Å². The van der Waals surface area contributed by atoms with Crippen LogP contribution in [0.15, 0.2) is 33.9 Å². The average molecular weight is 304 g/mol. The maximum absolute atomic E-state index is 11.8. The molecule has 2 aromatic rings. The predicted octanol–water partition coefficient (Wildman–Crippen LogP) is 3.05. The topological polar surface area (TPSA) is 55.1 Å². The Bertz CT molecular complexity index is 603. The standard InChI is InChI=1S/C16H20N2O2S/c1-11-6-4-5-7-14(11)8-9-17-15(19)10-21-16-18-12(2)13(3)20-16/h4-7H,8-10H2,1-3H3,(H,17,19). The van der Waals surface area contributed by atoms with E-state index >= 15 is 0 Å². The number of oxazole rings is 1. The molecule has 1 heterocycles. The Morgan fingerprint density at radius 2 is 2.05 bits per heavy atom. The van der Waals surface area contributed by atoms with Crippen molar-refractivity contribution >= 4 is 17.7 Å². The zero-order valence-electron chi connectivity index (χ0n) is 12.6. The van der Waals surface area contributed by atoms with Gasteiger partial charge in [0, 0.05) is 6.54 Å². The molecule has 1 aromatic heterocycles. The average Bonchev–Trinajstić information content (AvgIpc) is 2.78. The summed E-state index contributed by atoms with van der Waals surface area (Å²) in [5.41, 5.74) is 3.40. The molecule has 21 heavy (non-hydrogen) atoms. The maximum Gasteiger partial charge on any atom is 0.256 e. The second-order valence-electron chi connectivity index (χ2n) is 4.94. The van der Waals surface area contributed by atoms with E-state index in [1.54, 1.807) is 0 Å². The summed E-state index contributed by atoms with van der Waals surface area (Å²) in [6.45, 7) is 6.49. The third-order valence-corrected chi connectivity index (χ3v) is 4.14. The van der Waals surface area contributed by atoms with E-state index in [1.165, 1.54) is 22.9 Å². The Kier molecular flexibility index (Phi) is 5.44. The van der Waals surface area contributed by atoms with Crippen LogP contribution in [0.3, 0.4) is 0 Å². The molecule has 0 spiro atoms. The minimum atomic E-state index is 0.00194. The molecule has 0 fully saturated rings. The molecule has 0 unspecified atom stereocenters. The third kappa shape index (κ3) is 4.63. The lowest BCUT2D eigenvalue weighted by Crippen LogP contribution is -2.27. The second kappa shape index (κ2) is 7.31. The van der Waals surface area contributed by atoms with E-state index in [1.807, 2.05) is 26.0 Å². The van der Waals surface area contributed by atoms with Gasteiger partial charge in [-0.3, -0.25) is 4.79 Å².